The molecule has 13 heavy (non-hydrogen) atoms. The van der Waals surface area contributed by atoms with E-state index in [2.05, 4.69) is 6.58 Å². The Kier molecular flexibility index (Phi) is 3.39. The average Bonchev–Trinajstić information content (AvgIpc) is 1.97. The SMILES string of the molecule is C=CCNC(=O)C(F)(F)C(F)(F)F. The van der Waals surface area contributed by atoms with Gasteiger partial charge in [-0.05, 0) is 0 Å². The Morgan fingerprint density at radius 3 is 2.08 bits per heavy atom. The molecular weight excluding hydrogens is 197 g/mol. The lowest BCUT2D eigenvalue weighted by molar-refractivity contribution is -0.269. The molecule has 0 saturated heterocycles. The second kappa shape index (κ2) is 3.71. The Morgan fingerprint density at radius 1 is 1.31 bits per heavy atom. The maximum atomic E-state index is 12.1. The van der Waals surface area contributed by atoms with E-state index in [0.29, 0.717) is 0 Å². The zero-order valence-electron chi connectivity index (χ0n) is 6.29. The number of nitrogens with one attached hydrogen (secondary N) is 1. The third-order valence-electron chi connectivity index (χ3n) is 1.05. The number of rotatable bonds is 3. The van der Waals surface area contributed by atoms with Gasteiger partial charge in [-0.1, -0.05) is 6.08 Å². The topological polar surface area (TPSA) is 29.1 Å². The zero-order valence-corrected chi connectivity index (χ0v) is 6.29. The highest BCUT2D eigenvalue weighted by Gasteiger charge is 2.63. The van der Waals surface area contributed by atoms with E-state index in [1.54, 1.807) is 0 Å². The first-order chi connectivity index (χ1) is 5.73. The van der Waals surface area contributed by atoms with E-state index in [0.717, 1.165) is 6.08 Å². The highest BCUT2D eigenvalue weighted by atomic mass is 19.4. The van der Waals surface area contributed by atoms with Crippen LogP contribution in [0.1, 0.15) is 0 Å². The van der Waals surface area contributed by atoms with Gasteiger partial charge in [0.05, 0.1) is 0 Å². The fraction of sp³-hybridized carbons (Fsp3) is 0.500. The second-order valence-electron chi connectivity index (χ2n) is 2.07. The van der Waals surface area contributed by atoms with E-state index in [-0.39, 0.29) is 0 Å². The fourth-order valence-corrected chi connectivity index (χ4v) is 0.405. The highest BCUT2D eigenvalue weighted by Crippen LogP contribution is 2.35. The maximum Gasteiger partial charge on any atom is 0.463 e. The summed E-state index contributed by atoms with van der Waals surface area (Å²) in [7, 11) is 0. The van der Waals surface area contributed by atoms with Gasteiger partial charge in [-0.15, -0.1) is 6.58 Å². The molecule has 76 valence electrons. The number of halogens is 5. The Hall–Kier alpha value is -1.14. The normalized spacial score (nSPS) is 12.4. The number of amides is 1. The van der Waals surface area contributed by atoms with Crippen LogP contribution in [0.2, 0.25) is 0 Å². The molecule has 0 aromatic rings. The van der Waals surface area contributed by atoms with Gasteiger partial charge in [0.2, 0.25) is 0 Å². The second-order valence-corrected chi connectivity index (χ2v) is 2.07. The van der Waals surface area contributed by atoms with Gasteiger partial charge in [0.15, 0.2) is 0 Å². The van der Waals surface area contributed by atoms with Crippen LogP contribution in [-0.4, -0.2) is 24.6 Å². The molecule has 0 aliphatic carbocycles. The molecular formula is C6H6F5NO. The average molecular weight is 203 g/mol. The van der Waals surface area contributed by atoms with Crippen molar-refractivity contribution in [3.63, 3.8) is 0 Å². The van der Waals surface area contributed by atoms with Gasteiger partial charge in [-0.3, -0.25) is 4.79 Å². The summed E-state index contributed by atoms with van der Waals surface area (Å²) in [6.45, 7) is 2.60. The number of hydrogen-bond acceptors (Lipinski definition) is 1. The first-order valence-corrected chi connectivity index (χ1v) is 3.07. The highest BCUT2D eigenvalue weighted by molar-refractivity contribution is 5.84. The molecule has 0 bridgehead atoms. The number of alkyl halides is 5. The molecule has 0 atom stereocenters. The standard InChI is InChI=1S/C6H6F5NO/c1-2-3-12-4(13)5(7,8)6(9,10)11/h2H,1,3H2,(H,12,13). The zero-order chi connectivity index (χ0) is 10.7. The van der Waals surface area contributed by atoms with Crippen molar-refractivity contribution in [3.05, 3.63) is 12.7 Å². The summed E-state index contributed by atoms with van der Waals surface area (Å²) < 4.78 is 58.6. The van der Waals surface area contributed by atoms with Crippen LogP contribution in [0.15, 0.2) is 12.7 Å². The largest absolute Gasteiger partial charge is 0.463 e. The Bertz CT molecular complexity index is 210. The van der Waals surface area contributed by atoms with E-state index in [1.807, 2.05) is 0 Å². The van der Waals surface area contributed by atoms with E-state index in [1.165, 1.54) is 5.32 Å². The van der Waals surface area contributed by atoms with Crippen LogP contribution < -0.4 is 5.32 Å². The molecule has 0 spiro atoms. The van der Waals surface area contributed by atoms with Crippen molar-refractivity contribution in [2.45, 2.75) is 12.1 Å². The van der Waals surface area contributed by atoms with E-state index >= 15 is 0 Å². The molecule has 1 N–H and O–H groups in total. The van der Waals surface area contributed by atoms with Crippen molar-refractivity contribution in [2.75, 3.05) is 6.54 Å². The lowest BCUT2D eigenvalue weighted by Crippen LogP contribution is -2.50. The molecule has 0 aromatic heterocycles. The predicted molar refractivity (Wildman–Crippen MR) is 34.2 cm³/mol. The number of carbonyl (C=O) groups is 1. The minimum Gasteiger partial charge on any atom is -0.347 e. The fourth-order valence-electron chi connectivity index (χ4n) is 0.405. The minimum absolute atomic E-state index is 0.440. The maximum absolute atomic E-state index is 12.1. The monoisotopic (exact) mass is 203 g/mol. The Morgan fingerprint density at radius 2 is 1.77 bits per heavy atom. The third kappa shape index (κ3) is 2.67. The summed E-state index contributed by atoms with van der Waals surface area (Å²) in [5.41, 5.74) is 0. The molecule has 0 heterocycles. The lowest BCUT2D eigenvalue weighted by atomic mass is 10.3. The van der Waals surface area contributed by atoms with Crippen molar-refractivity contribution < 1.29 is 26.7 Å². The molecule has 0 aliphatic heterocycles. The van der Waals surface area contributed by atoms with E-state index in [4.69, 9.17) is 0 Å². The van der Waals surface area contributed by atoms with E-state index < -0.39 is 24.6 Å². The third-order valence-corrected chi connectivity index (χ3v) is 1.05. The molecule has 0 radical (unpaired) electrons. The molecule has 0 aromatic carbocycles. The van der Waals surface area contributed by atoms with Crippen molar-refractivity contribution in [3.8, 4) is 0 Å². The molecule has 0 aliphatic rings. The van der Waals surface area contributed by atoms with E-state index in [9.17, 15) is 26.7 Å². The molecule has 0 rings (SSSR count). The minimum atomic E-state index is -5.86. The first kappa shape index (κ1) is 11.9. The van der Waals surface area contributed by atoms with Gasteiger partial charge in [-0.25, -0.2) is 0 Å². The molecule has 0 unspecified atom stereocenters. The summed E-state index contributed by atoms with van der Waals surface area (Å²) in [6.07, 6.45) is -4.87. The van der Waals surface area contributed by atoms with Crippen LogP contribution in [-0.2, 0) is 4.79 Å². The van der Waals surface area contributed by atoms with Crippen LogP contribution in [0.25, 0.3) is 0 Å². The van der Waals surface area contributed by atoms with Gasteiger partial charge in [-0.2, -0.15) is 22.0 Å². The quantitative estimate of drug-likeness (QED) is 0.546. The van der Waals surface area contributed by atoms with Crippen LogP contribution >= 0.6 is 0 Å². The number of carbonyl (C=O) groups excluding carboxylic acids is 1. The number of hydrogen-bond donors (Lipinski definition) is 1. The van der Waals surface area contributed by atoms with Crippen LogP contribution in [0.3, 0.4) is 0 Å². The molecule has 0 saturated carbocycles. The van der Waals surface area contributed by atoms with Gasteiger partial charge in [0.25, 0.3) is 0 Å². The summed E-state index contributed by atoms with van der Waals surface area (Å²) in [4.78, 5) is 10.2. The summed E-state index contributed by atoms with van der Waals surface area (Å²) in [6, 6.07) is 0. The Labute approximate surface area is 70.4 Å². The summed E-state index contributed by atoms with van der Waals surface area (Å²) in [5, 5.41) is 1.35. The van der Waals surface area contributed by atoms with Crippen LogP contribution in [0.4, 0.5) is 22.0 Å². The van der Waals surface area contributed by atoms with Crippen molar-refractivity contribution >= 4 is 5.91 Å². The van der Waals surface area contributed by atoms with Crippen molar-refractivity contribution in [1.82, 2.24) is 5.32 Å². The van der Waals surface area contributed by atoms with Gasteiger partial charge in [0.1, 0.15) is 0 Å². The first-order valence-electron chi connectivity index (χ1n) is 3.07. The molecule has 1 amide bonds. The lowest BCUT2D eigenvalue weighted by Gasteiger charge is -2.17. The van der Waals surface area contributed by atoms with Gasteiger partial charge in [0, 0.05) is 6.54 Å². The molecule has 2 nitrogen and oxygen atoms in total. The summed E-state index contributed by atoms with van der Waals surface area (Å²) in [5.74, 6) is -7.73. The molecule has 7 heteroatoms. The summed E-state index contributed by atoms with van der Waals surface area (Å²) >= 11 is 0. The predicted octanol–water partition coefficient (Wildman–Crippen LogP) is 1.49. The molecule has 0 fully saturated rings. The van der Waals surface area contributed by atoms with Gasteiger partial charge >= 0.3 is 18.0 Å². The van der Waals surface area contributed by atoms with Crippen LogP contribution in [0.5, 0.6) is 0 Å². The van der Waals surface area contributed by atoms with Crippen molar-refractivity contribution in [1.29, 1.82) is 0 Å². The van der Waals surface area contributed by atoms with Crippen LogP contribution in [0, 0.1) is 0 Å². The van der Waals surface area contributed by atoms with Crippen molar-refractivity contribution in [2.24, 2.45) is 0 Å². The Balaban J connectivity index is 4.45. The smallest absolute Gasteiger partial charge is 0.347 e. The van der Waals surface area contributed by atoms with Gasteiger partial charge < -0.3 is 5.32 Å².